The molecule has 0 aromatic rings. The Labute approximate surface area is 302 Å². The monoisotopic (exact) mass is 721 g/mol. The molecule has 12 nitrogen and oxygen atoms in total. The molecular formula is C39H63NO11. The van der Waals surface area contributed by atoms with Crippen LogP contribution in [0.3, 0.4) is 0 Å². The zero-order valence-electron chi connectivity index (χ0n) is 30.9. The molecule has 22 atom stereocenters. The van der Waals surface area contributed by atoms with Crippen LogP contribution in [0.5, 0.6) is 0 Å². The van der Waals surface area contributed by atoms with Gasteiger partial charge < -0.3 is 54.7 Å². The molecule has 3 saturated carbocycles. The van der Waals surface area contributed by atoms with Crippen LogP contribution in [0.2, 0.25) is 0 Å². The first kappa shape index (κ1) is 37.2. The molecule has 4 aliphatic heterocycles. The molecule has 0 radical (unpaired) electrons. The second kappa shape index (κ2) is 13.5. The summed E-state index contributed by atoms with van der Waals surface area (Å²) in [6.45, 7) is 11.8. The molecule has 51 heavy (non-hydrogen) atoms. The minimum absolute atomic E-state index is 0.0508. The van der Waals surface area contributed by atoms with Crippen LogP contribution < -0.4 is 0 Å². The minimum Gasteiger partial charge on any atom is -0.394 e. The van der Waals surface area contributed by atoms with Gasteiger partial charge in [-0.05, 0) is 99.2 Å². The number of ether oxygens (including phenoxy) is 4. The summed E-state index contributed by atoms with van der Waals surface area (Å²) in [5.74, 6) is 3.34. The summed E-state index contributed by atoms with van der Waals surface area (Å²) in [6, 6.07) is 1.24. The Morgan fingerprint density at radius 3 is 2.29 bits per heavy atom. The standard InChI is InChI=1S/C39H63NO11/c1-17-6-9-25-18(2)29-26(40(25)15-17)13-24-22-8-7-20-12-21(10-11-38(20,4)23(22)14-28(42)39(24,29)5)49-37-34(47)32(45)35(27(16-41)50-37)51-36-33(46)31(44)30(43)19(3)48-36/h7,17-19,21-37,41-47H,6,8-16H2,1-5H3/t17-,18+,19-,21-,22+,23-,24-,25+,26-,27+,28-,29-,30+,31-,32+,33-,34+,35+,36+,37+,38-,39+/m0/s1. The van der Waals surface area contributed by atoms with Crippen LogP contribution >= 0.6 is 0 Å². The lowest BCUT2D eigenvalue weighted by Crippen LogP contribution is -2.64. The molecule has 4 saturated heterocycles. The van der Waals surface area contributed by atoms with Crippen LogP contribution in [0.4, 0.5) is 0 Å². The average molecular weight is 722 g/mol. The fourth-order valence-electron chi connectivity index (χ4n) is 13.2. The van der Waals surface area contributed by atoms with Gasteiger partial charge in [0.15, 0.2) is 12.6 Å². The van der Waals surface area contributed by atoms with E-state index >= 15 is 0 Å². The van der Waals surface area contributed by atoms with Crippen molar-refractivity contribution >= 4 is 0 Å². The number of allylic oxidation sites excluding steroid dienone is 1. The van der Waals surface area contributed by atoms with Crippen LogP contribution in [-0.2, 0) is 18.9 Å². The first-order valence-corrected chi connectivity index (χ1v) is 19.9. The maximum absolute atomic E-state index is 12.2. The molecule has 0 unspecified atom stereocenters. The third-order valence-electron chi connectivity index (χ3n) is 16.0. The van der Waals surface area contributed by atoms with Crippen molar-refractivity contribution in [2.45, 2.75) is 172 Å². The Kier molecular flexibility index (Phi) is 9.83. The van der Waals surface area contributed by atoms with E-state index in [0.717, 1.165) is 31.6 Å². The Bertz CT molecular complexity index is 1320. The molecule has 4 heterocycles. The molecule has 4 aliphatic carbocycles. The molecule has 8 rings (SSSR count). The van der Waals surface area contributed by atoms with Gasteiger partial charge in [0.1, 0.15) is 42.7 Å². The first-order valence-electron chi connectivity index (χ1n) is 19.9. The van der Waals surface area contributed by atoms with E-state index in [1.54, 1.807) is 0 Å². The van der Waals surface area contributed by atoms with Gasteiger partial charge in [0.2, 0.25) is 0 Å². The van der Waals surface area contributed by atoms with E-state index in [1.165, 1.54) is 38.3 Å². The van der Waals surface area contributed by atoms with Crippen LogP contribution in [0.15, 0.2) is 11.6 Å². The van der Waals surface area contributed by atoms with Gasteiger partial charge in [0.05, 0.1) is 24.9 Å². The van der Waals surface area contributed by atoms with E-state index in [4.69, 9.17) is 18.9 Å². The van der Waals surface area contributed by atoms with Crippen molar-refractivity contribution in [2.75, 3.05) is 13.2 Å². The lowest BCUT2D eigenvalue weighted by Gasteiger charge is -2.60. The number of rotatable bonds is 5. The number of fused-ring (bicyclic) bond motifs is 9. The summed E-state index contributed by atoms with van der Waals surface area (Å²) in [6.07, 6.45) is -3.65. The number of hydrogen-bond donors (Lipinski definition) is 7. The quantitative estimate of drug-likeness (QED) is 0.203. The van der Waals surface area contributed by atoms with Crippen molar-refractivity contribution in [3.05, 3.63) is 11.6 Å². The highest BCUT2D eigenvalue weighted by Crippen LogP contribution is 2.70. The average Bonchev–Trinajstić information content (AvgIpc) is 3.58. The van der Waals surface area contributed by atoms with E-state index in [9.17, 15) is 35.7 Å². The fourth-order valence-corrected chi connectivity index (χ4v) is 13.2. The van der Waals surface area contributed by atoms with Crippen molar-refractivity contribution in [1.82, 2.24) is 4.90 Å². The zero-order chi connectivity index (χ0) is 36.3. The molecule has 0 bridgehead atoms. The smallest absolute Gasteiger partial charge is 0.187 e. The third-order valence-corrected chi connectivity index (χ3v) is 16.0. The summed E-state index contributed by atoms with van der Waals surface area (Å²) in [4.78, 5) is 2.86. The van der Waals surface area contributed by atoms with Gasteiger partial charge in [-0.2, -0.15) is 0 Å². The second-order valence-corrected chi connectivity index (χ2v) is 18.5. The van der Waals surface area contributed by atoms with Crippen LogP contribution in [0, 0.1) is 46.3 Å². The largest absolute Gasteiger partial charge is 0.394 e. The van der Waals surface area contributed by atoms with E-state index in [2.05, 4.69) is 38.7 Å². The van der Waals surface area contributed by atoms with Gasteiger partial charge in [-0.3, -0.25) is 4.90 Å². The van der Waals surface area contributed by atoms with Gasteiger partial charge in [-0.15, -0.1) is 0 Å². The number of aliphatic hydroxyl groups excluding tert-OH is 7. The predicted octanol–water partition coefficient (Wildman–Crippen LogP) is 1.30. The highest BCUT2D eigenvalue weighted by atomic mass is 16.7. The third kappa shape index (κ3) is 5.67. The minimum atomic E-state index is -1.62. The van der Waals surface area contributed by atoms with Gasteiger partial charge in [0.25, 0.3) is 0 Å². The number of nitrogens with zero attached hydrogens (tertiary/aromatic N) is 1. The Morgan fingerprint density at radius 1 is 0.824 bits per heavy atom. The summed E-state index contributed by atoms with van der Waals surface area (Å²) in [7, 11) is 0. The van der Waals surface area contributed by atoms with Crippen molar-refractivity contribution in [1.29, 1.82) is 0 Å². The SMILES string of the molecule is C[C@H]1CC[C@@H]2[C@@H](C)[C@H]3[C@H](C[C@H]4[C@@H]5CC=C6C[C@@H](O[C@@H]7O[C@H](CO)[C@@H](O[C@H]8O[C@@H](C)[C@@H](O)[C@H](O)[C@@H]8O)[C@H](O)[C@H]7O)CC[C@]6(C)[C@H]5C[C@H](O)[C@]34C)N2C1. The summed E-state index contributed by atoms with van der Waals surface area (Å²) in [5.41, 5.74) is 1.23. The highest BCUT2D eigenvalue weighted by molar-refractivity contribution is 5.28. The lowest BCUT2D eigenvalue weighted by molar-refractivity contribution is -0.360. The molecule has 12 heteroatoms. The van der Waals surface area contributed by atoms with E-state index in [-0.39, 0.29) is 23.0 Å². The van der Waals surface area contributed by atoms with E-state index < -0.39 is 68.0 Å². The second-order valence-electron chi connectivity index (χ2n) is 18.5. The number of piperidine rings is 1. The molecule has 290 valence electrons. The molecule has 0 amide bonds. The van der Waals surface area contributed by atoms with Gasteiger partial charge in [0, 0.05) is 24.0 Å². The zero-order valence-corrected chi connectivity index (χ0v) is 30.9. The van der Waals surface area contributed by atoms with E-state index in [1.807, 2.05) is 0 Å². The van der Waals surface area contributed by atoms with Gasteiger partial charge >= 0.3 is 0 Å². The number of aliphatic hydroxyl groups is 7. The molecule has 0 aromatic carbocycles. The van der Waals surface area contributed by atoms with Gasteiger partial charge in [-0.25, -0.2) is 0 Å². The topological polar surface area (TPSA) is 182 Å². The van der Waals surface area contributed by atoms with Crippen LogP contribution in [-0.4, -0.2) is 140 Å². The molecule has 8 aliphatic rings. The van der Waals surface area contributed by atoms with Crippen molar-refractivity contribution < 1.29 is 54.7 Å². The molecular weight excluding hydrogens is 658 g/mol. The van der Waals surface area contributed by atoms with Crippen LogP contribution in [0.1, 0.15) is 86.0 Å². The molecule has 0 aromatic heterocycles. The molecule has 7 N–H and O–H groups in total. The summed E-state index contributed by atoms with van der Waals surface area (Å²) in [5, 5.41) is 75.3. The van der Waals surface area contributed by atoms with E-state index in [0.29, 0.717) is 48.1 Å². The highest BCUT2D eigenvalue weighted by Gasteiger charge is 2.69. The lowest BCUT2D eigenvalue weighted by atomic mass is 9.46. The number of hydrogen-bond acceptors (Lipinski definition) is 12. The molecule has 0 spiro atoms. The Balaban J connectivity index is 0.941. The first-order chi connectivity index (χ1) is 24.2. The van der Waals surface area contributed by atoms with Crippen LogP contribution in [0.25, 0.3) is 0 Å². The predicted molar refractivity (Wildman–Crippen MR) is 184 cm³/mol. The van der Waals surface area contributed by atoms with Crippen molar-refractivity contribution in [2.24, 2.45) is 46.3 Å². The summed E-state index contributed by atoms with van der Waals surface area (Å²) >= 11 is 0. The Hall–Kier alpha value is -0.740. The fraction of sp³-hybridized carbons (Fsp3) is 0.949. The van der Waals surface area contributed by atoms with Gasteiger partial charge in [-0.1, -0.05) is 39.3 Å². The maximum Gasteiger partial charge on any atom is 0.187 e. The van der Waals surface area contributed by atoms with Crippen molar-refractivity contribution in [3.63, 3.8) is 0 Å². The van der Waals surface area contributed by atoms with Crippen molar-refractivity contribution in [3.8, 4) is 0 Å². The Morgan fingerprint density at radius 2 is 1.55 bits per heavy atom. The maximum atomic E-state index is 12.2. The summed E-state index contributed by atoms with van der Waals surface area (Å²) < 4.78 is 23.6. The normalized spacial score (nSPS) is 58.5. The molecule has 7 fully saturated rings.